The summed E-state index contributed by atoms with van der Waals surface area (Å²) in [5, 5.41) is 0. The van der Waals surface area contributed by atoms with E-state index in [0.717, 1.165) is 0 Å². The van der Waals surface area contributed by atoms with Crippen LogP contribution in [0, 0.1) is 11.8 Å². The molecule has 2 amide bonds. The predicted octanol–water partition coefficient (Wildman–Crippen LogP) is 1.39. The zero-order chi connectivity index (χ0) is 22.4. The fourth-order valence-corrected chi connectivity index (χ4v) is 3.86. The molecule has 1 aromatic rings. The number of hydrogen-bond acceptors (Lipinski definition) is 7. The molecule has 9 nitrogen and oxygen atoms in total. The Morgan fingerprint density at radius 2 is 1.77 bits per heavy atom. The molecule has 1 aromatic carbocycles. The van der Waals surface area contributed by atoms with Gasteiger partial charge in [0.05, 0.1) is 25.6 Å². The summed E-state index contributed by atoms with van der Waals surface area (Å²) in [5.74, 6) is -1.47. The first-order valence-corrected chi connectivity index (χ1v) is 10.5. The summed E-state index contributed by atoms with van der Waals surface area (Å²) in [6.07, 6.45) is 1.10. The van der Waals surface area contributed by atoms with Gasteiger partial charge in [0, 0.05) is 37.8 Å². The van der Waals surface area contributed by atoms with Gasteiger partial charge in [-0.05, 0) is 31.9 Å². The van der Waals surface area contributed by atoms with Gasteiger partial charge in [0.2, 0.25) is 5.91 Å². The largest absolute Gasteiger partial charge is 0.497 e. The maximum Gasteiger partial charge on any atom is 0.311 e. The van der Waals surface area contributed by atoms with E-state index in [9.17, 15) is 19.2 Å². The molecule has 1 unspecified atom stereocenters. The lowest BCUT2D eigenvalue weighted by atomic mass is 9.97. The smallest absolute Gasteiger partial charge is 0.311 e. The summed E-state index contributed by atoms with van der Waals surface area (Å²) in [4.78, 5) is 52.1. The highest BCUT2D eigenvalue weighted by Gasteiger charge is 2.37. The monoisotopic (exact) mass is 432 g/mol. The number of ether oxygens (including phenoxy) is 3. The highest BCUT2D eigenvalue weighted by molar-refractivity contribution is 5.99. The quantitative estimate of drug-likeness (QED) is 0.600. The van der Waals surface area contributed by atoms with Crippen LogP contribution in [0.5, 0.6) is 5.75 Å². The van der Waals surface area contributed by atoms with E-state index in [-0.39, 0.29) is 43.3 Å². The first-order chi connectivity index (χ1) is 14.9. The minimum Gasteiger partial charge on any atom is -0.497 e. The van der Waals surface area contributed by atoms with Crippen molar-refractivity contribution in [2.75, 3.05) is 44.9 Å². The molecule has 9 heteroatoms. The number of likely N-dealkylation sites (tertiary alicyclic amines) is 1. The lowest BCUT2D eigenvalue weighted by Crippen LogP contribution is -2.42. The zero-order valence-electron chi connectivity index (χ0n) is 17.9. The van der Waals surface area contributed by atoms with E-state index in [0.29, 0.717) is 44.0 Å². The Bertz CT molecular complexity index is 833. The normalized spacial score (nSPS) is 19.3. The average molecular weight is 432 g/mol. The Morgan fingerprint density at radius 3 is 2.45 bits per heavy atom. The maximum absolute atomic E-state index is 12.4. The number of methoxy groups -OCH3 is 1. The van der Waals surface area contributed by atoms with E-state index in [2.05, 4.69) is 0 Å². The zero-order valence-corrected chi connectivity index (χ0v) is 17.9. The number of carbonyl (C=O) groups is 4. The molecule has 2 aliphatic heterocycles. The van der Waals surface area contributed by atoms with Crippen LogP contribution in [-0.4, -0.2) is 68.6 Å². The van der Waals surface area contributed by atoms with E-state index in [1.54, 1.807) is 43.2 Å². The molecule has 2 aliphatic rings. The summed E-state index contributed by atoms with van der Waals surface area (Å²) in [7, 11) is 1.54. The molecule has 0 aromatic heterocycles. The first-order valence-electron chi connectivity index (χ1n) is 10.5. The third-order valence-electron chi connectivity index (χ3n) is 5.63. The Kier molecular flexibility index (Phi) is 7.49. The van der Waals surface area contributed by atoms with E-state index in [1.165, 1.54) is 4.90 Å². The molecule has 168 valence electrons. The van der Waals surface area contributed by atoms with Crippen LogP contribution in [0.25, 0.3) is 0 Å². The molecule has 0 radical (unpaired) electrons. The maximum atomic E-state index is 12.4. The van der Waals surface area contributed by atoms with Crippen molar-refractivity contribution >= 4 is 29.4 Å². The Labute approximate surface area is 181 Å². The fraction of sp³-hybridized carbons (Fsp3) is 0.545. The van der Waals surface area contributed by atoms with Gasteiger partial charge >= 0.3 is 11.9 Å². The van der Waals surface area contributed by atoms with Crippen molar-refractivity contribution in [3.63, 3.8) is 0 Å². The number of hydrogen-bond donors (Lipinski definition) is 0. The van der Waals surface area contributed by atoms with Gasteiger partial charge in [0.25, 0.3) is 5.91 Å². The molecule has 2 saturated heterocycles. The van der Waals surface area contributed by atoms with Crippen LogP contribution >= 0.6 is 0 Å². The molecule has 3 rings (SSSR count). The number of rotatable bonds is 7. The van der Waals surface area contributed by atoms with Crippen LogP contribution < -0.4 is 9.64 Å². The van der Waals surface area contributed by atoms with Gasteiger partial charge in [-0.1, -0.05) is 6.07 Å². The second-order valence-electron chi connectivity index (χ2n) is 7.62. The molecule has 0 aliphatic carbocycles. The predicted molar refractivity (Wildman–Crippen MR) is 110 cm³/mol. The molecule has 2 heterocycles. The van der Waals surface area contributed by atoms with Gasteiger partial charge in [0.15, 0.2) is 6.61 Å². The molecule has 1 atom stereocenters. The van der Waals surface area contributed by atoms with E-state index < -0.39 is 11.9 Å². The van der Waals surface area contributed by atoms with Crippen molar-refractivity contribution in [1.29, 1.82) is 0 Å². The molecule has 0 spiro atoms. The molecule has 2 fully saturated rings. The molecule has 0 saturated carbocycles. The average Bonchev–Trinajstić information content (AvgIpc) is 3.19. The van der Waals surface area contributed by atoms with Crippen LogP contribution in [0.1, 0.15) is 26.2 Å². The van der Waals surface area contributed by atoms with Crippen LogP contribution in [0.4, 0.5) is 5.69 Å². The van der Waals surface area contributed by atoms with Gasteiger partial charge in [0.1, 0.15) is 5.75 Å². The minimum absolute atomic E-state index is 0.0369. The van der Waals surface area contributed by atoms with Crippen molar-refractivity contribution in [3.05, 3.63) is 24.3 Å². The SMILES string of the molecule is CCOC(=O)C1CCN(C(=O)COC(=O)C2CC(=O)N(c3cccc(OC)c3)C2)CC1. The number of piperidine rings is 1. The highest BCUT2D eigenvalue weighted by atomic mass is 16.5. The number of carbonyl (C=O) groups excluding carboxylic acids is 4. The van der Waals surface area contributed by atoms with Crippen LogP contribution in [0.3, 0.4) is 0 Å². The lowest BCUT2D eigenvalue weighted by Gasteiger charge is -2.30. The molecular formula is C22H28N2O7. The van der Waals surface area contributed by atoms with Crippen molar-refractivity contribution in [2.45, 2.75) is 26.2 Å². The number of anilines is 1. The summed E-state index contributed by atoms with van der Waals surface area (Å²) in [5.41, 5.74) is 0.653. The Morgan fingerprint density at radius 1 is 1.06 bits per heavy atom. The first kappa shape index (κ1) is 22.6. The second-order valence-corrected chi connectivity index (χ2v) is 7.62. The van der Waals surface area contributed by atoms with E-state index in [1.807, 2.05) is 0 Å². The van der Waals surface area contributed by atoms with Crippen molar-refractivity contribution in [2.24, 2.45) is 11.8 Å². The topological polar surface area (TPSA) is 102 Å². The van der Waals surface area contributed by atoms with Gasteiger partial charge in [-0.3, -0.25) is 19.2 Å². The molecule has 0 N–H and O–H groups in total. The fourth-order valence-electron chi connectivity index (χ4n) is 3.86. The van der Waals surface area contributed by atoms with Crippen LogP contribution in [-0.2, 0) is 28.7 Å². The van der Waals surface area contributed by atoms with Gasteiger partial charge in [-0.15, -0.1) is 0 Å². The number of nitrogens with zero attached hydrogens (tertiary/aromatic N) is 2. The van der Waals surface area contributed by atoms with Crippen molar-refractivity contribution in [3.8, 4) is 5.75 Å². The standard InChI is InChI=1S/C22H28N2O7/c1-3-30-21(27)15-7-9-23(10-8-15)20(26)14-31-22(28)16-11-19(25)24(13-16)17-5-4-6-18(12-17)29-2/h4-6,12,15-16H,3,7-11,13-14H2,1-2H3. The summed E-state index contributed by atoms with van der Waals surface area (Å²) < 4.78 is 15.4. The second kappa shape index (κ2) is 10.3. The summed E-state index contributed by atoms with van der Waals surface area (Å²) in [6.45, 7) is 2.78. The Balaban J connectivity index is 1.46. The van der Waals surface area contributed by atoms with Crippen molar-refractivity contribution in [1.82, 2.24) is 4.90 Å². The minimum atomic E-state index is -0.624. The number of amides is 2. The molecule has 0 bridgehead atoms. The number of benzene rings is 1. The third-order valence-corrected chi connectivity index (χ3v) is 5.63. The third kappa shape index (κ3) is 5.53. The summed E-state index contributed by atoms with van der Waals surface area (Å²) >= 11 is 0. The highest BCUT2D eigenvalue weighted by Crippen LogP contribution is 2.28. The van der Waals surface area contributed by atoms with Gasteiger partial charge < -0.3 is 24.0 Å². The van der Waals surface area contributed by atoms with Crippen LogP contribution in [0.2, 0.25) is 0 Å². The van der Waals surface area contributed by atoms with Gasteiger partial charge in [-0.2, -0.15) is 0 Å². The lowest BCUT2D eigenvalue weighted by molar-refractivity contribution is -0.157. The number of esters is 2. The van der Waals surface area contributed by atoms with Crippen LogP contribution in [0.15, 0.2) is 24.3 Å². The van der Waals surface area contributed by atoms with E-state index in [4.69, 9.17) is 14.2 Å². The van der Waals surface area contributed by atoms with E-state index >= 15 is 0 Å². The molecular weight excluding hydrogens is 404 g/mol. The summed E-state index contributed by atoms with van der Waals surface area (Å²) in [6, 6.07) is 7.06. The molecule has 31 heavy (non-hydrogen) atoms. The van der Waals surface area contributed by atoms with Gasteiger partial charge in [-0.25, -0.2) is 0 Å². The Hall–Kier alpha value is -3.10. The van der Waals surface area contributed by atoms with Crippen molar-refractivity contribution < 1.29 is 33.4 Å².